The maximum absolute atomic E-state index is 12.7. The van der Waals surface area contributed by atoms with E-state index in [9.17, 15) is 9.59 Å². The highest BCUT2D eigenvalue weighted by atomic mass is 127. The van der Waals surface area contributed by atoms with Crippen LogP contribution in [0.25, 0.3) is 0 Å². The Hall–Kier alpha value is -1.84. The number of amides is 2. The minimum atomic E-state index is 0. The van der Waals surface area contributed by atoms with Gasteiger partial charge >= 0.3 is 0 Å². The van der Waals surface area contributed by atoms with Crippen LogP contribution in [0.1, 0.15) is 63.0 Å². The highest BCUT2D eigenvalue weighted by molar-refractivity contribution is 14.0. The lowest BCUT2D eigenvalue weighted by molar-refractivity contribution is -0.134. The van der Waals surface area contributed by atoms with Crippen LogP contribution in [0.5, 0.6) is 0 Å². The molecule has 2 heterocycles. The molecule has 2 saturated heterocycles. The van der Waals surface area contributed by atoms with Crippen LogP contribution in [0.2, 0.25) is 0 Å². The van der Waals surface area contributed by atoms with Gasteiger partial charge in [0.05, 0.1) is 6.54 Å². The predicted molar refractivity (Wildman–Crippen MR) is 141 cm³/mol. The first kappa shape index (κ1) is 25.8. The molecule has 1 aliphatic carbocycles. The number of benzene rings is 1. The highest BCUT2D eigenvalue weighted by Gasteiger charge is 2.32. The summed E-state index contributed by atoms with van der Waals surface area (Å²) >= 11 is 0. The maximum atomic E-state index is 12.7. The monoisotopic (exact) mass is 567 g/mol. The van der Waals surface area contributed by atoms with Crippen LogP contribution >= 0.6 is 24.0 Å². The van der Waals surface area contributed by atoms with E-state index in [4.69, 9.17) is 4.99 Å². The Labute approximate surface area is 214 Å². The SMILES string of the molecule is CCNC(=NCc1ccc(CN2CCCC2=O)cc1)NC1CCN(C(=O)C2CCCC2)C1.I. The van der Waals surface area contributed by atoms with Gasteiger partial charge in [-0.05, 0) is 43.7 Å². The van der Waals surface area contributed by atoms with Crippen LogP contribution in [0.3, 0.4) is 0 Å². The third-order valence-electron chi connectivity index (χ3n) is 6.88. The molecule has 0 aromatic heterocycles. The van der Waals surface area contributed by atoms with Crippen molar-refractivity contribution in [1.29, 1.82) is 0 Å². The molecule has 1 saturated carbocycles. The van der Waals surface area contributed by atoms with Gasteiger partial charge in [-0.25, -0.2) is 4.99 Å². The van der Waals surface area contributed by atoms with Crippen LogP contribution in [0.15, 0.2) is 29.3 Å². The number of aliphatic imine (C=N–C) groups is 1. The lowest BCUT2D eigenvalue weighted by Gasteiger charge is -2.21. The molecule has 3 fully saturated rings. The fraction of sp³-hybridized carbons (Fsp3) is 0.640. The second-order valence-corrected chi connectivity index (χ2v) is 9.33. The number of rotatable bonds is 7. The smallest absolute Gasteiger partial charge is 0.225 e. The van der Waals surface area contributed by atoms with Crippen molar-refractivity contribution in [1.82, 2.24) is 20.4 Å². The predicted octanol–water partition coefficient (Wildman–Crippen LogP) is 3.27. The molecular weight excluding hydrogens is 529 g/mol. The molecule has 2 amide bonds. The van der Waals surface area contributed by atoms with Crippen LogP contribution in [0, 0.1) is 5.92 Å². The van der Waals surface area contributed by atoms with E-state index in [-0.39, 0.29) is 41.8 Å². The van der Waals surface area contributed by atoms with Crippen molar-refractivity contribution in [2.45, 2.75) is 71.0 Å². The fourth-order valence-electron chi connectivity index (χ4n) is 5.03. The van der Waals surface area contributed by atoms with E-state index in [1.54, 1.807) is 0 Å². The number of likely N-dealkylation sites (tertiary alicyclic amines) is 2. The number of nitrogens with zero attached hydrogens (tertiary/aromatic N) is 3. The Balaban J connectivity index is 0.00000306. The molecule has 1 unspecified atom stereocenters. The molecule has 0 spiro atoms. The summed E-state index contributed by atoms with van der Waals surface area (Å²) in [7, 11) is 0. The number of guanidine groups is 1. The van der Waals surface area contributed by atoms with Gasteiger partial charge in [-0.15, -0.1) is 24.0 Å². The van der Waals surface area contributed by atoms with Crippen molar-refractivity contribution < 1.29 is 9.59 Å². The minimum absolute atomic E-state index is 0. The maximum Gasteiger partial charge on any atom is 0.225 e. The van der Waals surface area contributed by atoms with E-state index in [0.717, 1.165) is 68.9 Å². The second kappa shape index (κ2) is 12.6. The molecule has 182 valence electrons. The Bertz CT molecular complexity index is 823. The molecule has 2 N–H and O–H groups in total. The van der Waals surface area contributed by atoms with E-state index < -0.39 is 0 Å². The largest absolute Gasteiger partial charge is 0.357 e. The molecule has 1 atom stereocenters. The molecule has 2 aliphatic heterocycles. The molecule has 1 aromatic carbocycles. The number of hydrogen-bond acceptors (Lipinski definition) is 3. The molecule has 33 heavy (non-hydrogen) atoms. The Morgan fingerprint density at radius 1 is 1.06 bits per heavy atom. The molecule has 7 nitrogen and oxygen atoms in total. The zero-order chi connectivity index (χ0) is 22.3. The van der Waals surface area contributed by atoms with Gasteiger partial charge in [0.25, 0.3) is 0 Å². The first-order valence-corrected chi connectivity index (χ1v) is 12.3. The number of carbonyl (C=O) groups excluding carboxylic acids is 2. The van der Waals surface area contributed by atoms with Crippen LogP contribution in [-0.4, -0.2) is 59.8 Å². The lowest BCUT2D eigenvalue weighted by atomic mass is 10.1. The highest BCUT2D eigenvalue weighted by Crippen LogP contribution is 2.27. The number of carbonyl (C=O) groups is 2. The summed E-state index contributed by atoms with van der Waals surface area (Å²) in [6.45, 7) is 6.63. The summed E-state index contributed by atoms with van der Waals surface area (Å²) in [6, 6.07) is 8.64. The van der Waals surface area contributed by atoms with Crippen LogP contribution in [0.4, 0.5) is 0 Å². The number of hydrogen-bond donors (Lipinski definition) is 2. The molecule has 0 radical (unpaired) electrons. The van der Waals surface area contributed by atoms with E-state index in [2.05, 4.69) is 41.8 Å². The van der Waals surface area contributed by atoms with Gasteiger partial charge in [-0.1, -0.05) is 37.1 Å². The van der Waals surface area contributed by atoms with Gasteiger partial charge in [0.2, 0.25) is 11.8 Å². The molecule has 8 heteroatoms. The first-order chi connectivity index (χ1) is 15.6. The Morgan fingerprint density at radius 3 is 2.45 bits per heavy atom. The summed E-state index contributed by atoms with van der Waals surface area (Å²) in [6.07, 6.45) is 7.13. The summed E-state index contributed by atoms with van der Waals surface area (Å²) in [5.41, 5.74) is 2.30. The zero-order valence-electron chi connectivity index (χ0n) is 19.7. The normalized spacial score (nSPS) is 21.4. The molecule has 3 aliphatic rings. The fourth-order valence-corrected chi connectivity index (χ4v) is 5.03. The van der Waals surface area contributed by atoms with Gasteiger partial charge in [0, 0.05) is 51.1 Å². The van der Waals surface area contributed by atoms with Crippen LogP contribution in [-0.2, 0) is 22.7 Å². The van der Waals surface area contributed by atoms with Gasteiger partial charge in [-0.3, -0.25) is 9.59 Å². The third-order valence-corrected chi connectivity index (χ3v) is 6.88. The van der Waals surface area contributed by atoms with Gasteiger partial charge in [0.15, 0.2) is 5.96 Å². The zero-order valence-corrected chi connectivity index (χ0v) is 22.1. The Morgan fingerprint density at radius 2 is 1.79 bits per heavy atom. The van der Waals surface area contributed by atoms with Crippen molar-refractivity contribution in [3.63, 3.8) is 0 Å². The van der Waals surface area contributed by atoms with E-state index in [1.807, 2.05) is 9.80 Å². The summed E-state index contributed by atoms with van der Waals surface area (Å²) in [5, 5.41) is 6.86. The van der Waals surface area contributed by atoms with Crippen molar-refractivity contribution in [3.8, 4) is 0 Å². The second-order valence-electron chi connectivity index (χ2n) is 9.33. The van der Waals surface area contributed by atoms with Gasteiger partial charge < -0.3 is 20.4 Å². The van der Waals surface area contributed by atoms with Crippen molar-refractivity contribution in [2.24, 2.45) is 10.9 Å². The van der Waals surface area contributed by atoms with Gasteiger partial charge in [-0.2, -0.15) is 0 Å². The first-order valence-electron chi connectivity index (χ1n) is 12.3. The molecular formula is C25H38IN5O2. The number of halogens is 1. The average Bonchev–Trinajstić information content (AvgIpc) is 3.56. The van der Waals surface area contributed by atoms with Crippen molar-refractivity contribution in [2.75, 3.05) is 26.2 Å². The topological polar surface area (TPSA) is 77.0 Å². The van der Waals surface area contributed by atoms with E-state index in [1.165, 1.54) is 12.8 Å². The summed E-state index contributed by atoms with van der Waals surface area (Å²) < 4.78 is 0. The van der Waals surface area contributed by atoms with Gasteiger partial charge in [0.1, 0.15) is 0 Å². The third kappa shape index (κ3) is 7.07. The summed E-state index contributed by atoms with van der Waals surface area (Å²) in [5.74, 6) is 1.67. The Kier molecular flexibility index (Phi) is 9.82. The van der Waals surface area contributed by atoms with Crippen molar-refractivity contribution >= 4 is 41.8 Å². The summed E-state index contributed by atoms with van der Waals surface area (Å²) in [4.78, 5) is 33.3. The number of nitrogens with one attached hydrogen (secondary N) is 2. The lowest BCUT2D eigenvalue weighted by Crippen LogP contribution is -2.45. The van der Waals surface area contributed by atoms with E-state index >= 15 is 0 Å². The van der Waals surface area contributed by atoms with E-state index in [0.29, 0.717) is 25.4 Å². The van der Waals surface area contributed by atoms with Crippen LogP contribution < -0.4 is 10.6 Å². The minimum Gasteiger partial charge on any atom is -0.357 e. The molecule has 0 bridgehead atoms. The quantitative estimate of drug-likeness (QED) is 0.302. The average molecular weight is 568 g/mol. The van der Waals surface area contributed by atoms with Crippen molar-refractivity contribution in [3.05, 3.63) is 35.4 Å². The molecule has 1 aromatic rings. The standard InChI is InChI=1S/C25H37N5O2.HI/c1-2-26-25(28-22-13-15-30(18-22)24(32)21-6-3-4-7-21)27-16-19-9-11-20(12-10-19)17-29-14-5-8-23(29)31;/h9-12,21-22H,2-8,13-18H2,1H3,(H2,26,27,28);1H. The molecule has 4 rings (SSSR count).